The zero-order valence-corrected chi connectivity index (χ0v) is 39.6. The summed E-state index contributed by atoms with van der Waals surface area (Å²) in [6.07, 6.45) is -5.43. The van der Waals surface area contributed by atoms with Crippen LogP contribution in [-0.4, -0.2) is 24.0 Å². The molecule has 8 rings (SSSR count). The average molecular weight is 1010 g/mol. The molecule has 0 aromatic heterocycles. The molecule has 2 heterocycles. The van der Waals surface area contributed by atoms with Crippen LogP contribution in [0.1, 0.15) is 55.6 Å². The van der Waals surface area contributed by atoms with E-state index in [9.17, 15) is 5.21 Å². The Kier molecular flexibility index (Phi) is 11.8. The number of fused-ring (bicyclic) bond motifs is 3. The van der Waals surface area contributed by atoms with Crippen molar-refractivity contribution >= 4 is 58.9 Å². The lowest BCUT2D eigenvalue weighted by atomic mass is 9.20. The normalized spacial score (nSPS) is 18.2. The van der Waals surface area contributed by atoms with Gasteiger partial charge in [-0.05, 0) is 85.9 Å². The van der Waals surface area contributed by atoms with E-state index in [2.05, 4.69) is 0 Å². The van der Waals surface area contributed by atoms with Crippen LogP contribution in [0.3, 0.4) is 0 Å². The van der Waals surface area contributed by atoms with Gasteiger partial charge < -0.3 is 0 Å². The second-order valence-corrected chi connectivity index (χ2v) is 26.5. The van der Waals surface area contributed by atoms with Gasteiger partial charge >= 0.3 is 6.28 Å². The molecule has 2 aliphatic heterocycles. The molecule has 69 heavy (non-hydrogen) atoms. The number of hydrogen-bond donors (Lipinski definition) is 1. The Balaban J connectivity index is 1.99. The molecular formula is C49H36BF15NOPSi. The summed E-state index contributed by atoms with van der Waals surface area (Å²) >= 11 is 0. The van der Waals surface area contributed by atoms with Gasteiger partial charge in [0.15, 0.2) is 71.0 Å². The summed E-state index contributed by atoms with van der Waals surface area (Å²) in [4.78, 5) is 0. The third-order valence-corrected chi connectivity index (χ3v) is 19.6. The van der Waals surface area contributed by atoms with E-state index in [0.29, 0.717) is 11.1 Å². The first-order valence-corrected chi connectivity index (χ1v) is 26.2. The van der Waals surface area contributed by atoms with Crippen molar-refractivity contribution in [1.82, 2.24) is 0 Å². The maximum absolute atomic E-state index is 17.7. The van der Waals surface area contributed by atoms with Gasteiger partial charge in [0.2, 0.25) is 11.6 Å². The molecule has 6 aromatic rings. The van der Waals surface area contributed by atoms with Crippen LogP contribution in [0.2, 0.25) is 19.6 Å². The van der Waals surface area contributed by atoms with Crippen molar-refractivity contribution in [2.45, 2.75) is 61.2 Å². The molecule has 360 valence electrons. The summed E-state index contributed by atoms with van der Waals surface area (Å²) in [6.45, 7) is 12.6. The molecule has 6 aromatic carbocycles. The van der Waals surface area contributed by atoms with Crippen molar-refractivity contribution in [2.75, 3.05) is 0 Å². The lowest BCUT2D eigenvalue weighted by Crippen LogP contribution is -2.63. The average Bonchev–Trinajstić information content (AvgIpc) is 3.48. The van der Waals surface area contributed by atoms with E-state index >= 15 is 65.9 Å². The van der Waals surface area contributed by atoms with E-state index in [4.69, 9.17) is 0 Å². The summed E-state index contributed by atoms with van der Waals surface area (Å²) in [7, 11) is -9.81. The molecule has 20 heteroatoms. The molecule has 2 aliphatic rings. The first kappa shape index (κ1) is 49.6. The smallest absolute Gasteiger partial charge is 0.286 e. The molecule has 0 spiro atoms. The predicted molar refractivity (Wildman–Crippen MR) is 237 cm³/mol. The maximum Gasteiger partial charge on any atom is 0.396 e. The van der Waals surface area contributed by atoms with Gasteiger partial charge in [-0.25, -0.2) is 65.9 Å². The Hall–Kier alpha value is -5.78. The zero-order valence-electron chi connectivity index (χ0n) is 37.7. The van der Waals surface area contributed by atoms with Crippen molar-refractivity contribution in [3.05, 3.63) is 191 Å². The van der Waals surface area contributed by atoms with Crippen molar-refractivity contribution < 1.29 is 75.5 Å². The molecule has 0 aliphatic carbocycles. The highest BCUT2D eigenvalue weighted by Crippen LogP contribution is 2.73. The Labute approximate surface area is 386 Å². The lowest BCUT2D eigenvalue weighted by molar-refractivity contribution is -0.659. The van der Waals surface area contributed by atoms with Gasteiger partial charge in [0.05, 0.1) is 8.07 Å². The van der Waals surface area contributed by atoms with Crippen molar-refractivity contribution in [2.24, 2.45) is 0 Å². The third-order valence-electron chi connectivity index (χ3n) is 13.1. The van der Waals surface area contributed by atoms with Gasteiger partial charge in [0.1, 0.15) is 16.9 Å². The Morgan fingerprint density at radius 2 is 0.797 bits per heavy atom. The number of hydrogen-bond acceptors (Lipinski definition) is 0. The summed E-state index contributed by atoms with van der Waals surface area (Å²) in [5, 5.41) is 10.4. The van der Waals surface area contributed by atoms with Crippen LogP contribution in [0, 0.1) is 129 Å². The second kappa shape index (κ2) is 16.4. The summed E-state index contributed by atoms with van der Waals surface area (Å²) in [5.74, 6) is -41.0. The molecule has 2 nitrogen and oxygen atoms in total. The van der Waals surface area contributed by atoms with Gasteiger partial charge in [-0.3, -0.25) is 4.40 Å². The van der Waals surface area contributed by atoms with Gasteiger partial charge in [-0.2, -0.15) is 5.21 Å². The molecule has 0 saturated carbocycles. The van der Waals surface area contributed by atoms with E-state index in [0.717, 1.165) is 6.07 Å². The van der Waals surface area contributed by atoms with Gasteiger partial charge in [0, 0.05) is 16.2 Å². The van der Waals surface area contributed by atoms with Crippen molar-refractivity contribution in [3.8, 4) is 0 Å². The highest BCUT2D eigenvalue weighted by Gasteiger charge is 2.68. The number of benzene rings is 6. The van der Waals surface area contributed by atoms with Crippen LogP contribution < -0.4 is 16.1 Å². The van der Waals surface area contributed by atoms with Gasteiger partial charge in [0.25, 0.3) is 0 Å². The van der Waals surface area contributed by atoms with Gasteiger partial charge in [-0.15, -0.1) is 10.9 Å². The second-order valence-electron chi connectivity index (χ2n) is 18.5. The zero-order chi connectivity index (χ0) is 51.2. The molecular weight excluding hydrogens is 973 g/mol. The van der Waals surface area contributed by atoms with E-state index < -0.39 is 157 Å². The minimum Gasteiger partial charge on any atom is -0.286 e. The molecule has 0 bridgehead atoms. The Morgan fingerprint density at radius 3 is 1.22 bits per heavy atom. The fourth-order valence-corrected chi connectivity index (χ4v) is 18.6. The van der Waals surface area contributed by atoms with E-state index in [-0.39, 0.29) is 37.8 Å². The maximum atomic E-state index is 17.7. The standard InChI is InChI=1S/C49H36BF15NOPSi/c1-18-14-20(3)26(21(4)15-18)47-28-24-12-10-11-13-25(24)49(69(7,8)9)29(27-31(51)35(55)39(59)36(56)32(27)52)50(28,30-33(53)37(57)40(60)38(58)34(30)54)66(67)68(47,46-22(5)16-19(2)17-23(46)6)48-44(64)42(62)41(61)43(63)45(48)65/h10-17,67H,1-9H3/t50-,68+/m1/s1. The lowest BCUT2D eigenvalue weighted by Gasteiger charge is -2.46. The highest BCUT2D eigenvalue weighted by atomic mass is 31.2. The minimum atomic E-state index is -5.96. The number of halogens is 15. The molecule has 0 unspecified atom stereocenters. The molecule has 0 amide bonds. The summed E-state index contributed by atoms with van der Waals surface area (Å²) in [5.41, 5.74) is -7.05. The quantitative estimate of drug-likeness (QED) is 0.0580. The van der Waals surface area contributed by atoms with Crippen molar-refractivity contribution in [1.29, 1.82) is 0 Å². The summed E-state index contributed by atoms with van der Waals surface area (Å²) < 4.78 is 248. The van der Waals surface area contributed by atoms with E-state index in [1.54, 1.807) is 6.92 Å². The van der Waals surface area contributed by atoms with Crippen molar-refractivity contribution in [3.63, 3.8) is 0 Å². The van der Waals surface area contributed by atoms with Crippen LogP contribution in [0.5, 0.6) is 0 Å². The fraction of sp³-hybridized carbons (Fsp3) is 0.184. The number of rotatable bonds is 6. The number of aryl methyl sites for hydroxylation is 6. The molecule has 0 saturated heterocycles. The summed E-state index contributed by atoms with van der Waals surface area (Å²) in [6, 6.07) is 10.5. The predicted octanol–water partition coefficient (Wildman–Crippen LogP) is 13.5. The Morgan fingerprint density at radius 1 is 0.435 bits per heavy atom. The number of nitrogens with zero attached hydrogens (tertiary/aromatic N) is 1. The Bertz CT molecular complexity index is 3360. The first-order chi connectivity index (χ1) is 32.0. The molecule has 1 N–H and O–H groups in total. The van der Waals surface area contributed by atoms with Gasteiger partial charge in [-0.1, -0.05) is 84.5 Å². The van der Waals surface area contributed by atoms with Crippen LogP contribution in [0.4, 0.5) is 65.9 Å². The topological polar surface area (TPSA) is 23.2 Å². The minimum absolute atomic E-state index is 0.0401. The van der Waals surface area contributed by atoms with E-state index in [1.807, 2.05) is 0 Å². The van der Waals surface area contributed by atoms with E-state index in [1.165, 1.54) is 96.7 Å². The molecule has 0 radical (unpaired) electrons. The SMILES string of the molecule is Cc1cc(C)c(C2=C3c4ccccc4C([Si](C)(C)C)=C(c4c(F)c(F)c(F)c(F)c4F)[B@-]3(c3c(F)c(F)c(F)c(F)c3F)[N+](O)=[P@]2(c2c(C)cc(C)cc2C)c2c(F)c(F)c(F)c(F)c2F)c(C)c1. The fourth-order valence-electron chi connectivity index (χ4n) is 11.1. The molecule has 0 fully saturated rings. The van der Waals surface area contributed by atoms with Crippen LogP contribution in [0.25, 0.3) is 21.5 Å². The highest BCUT2D eigenvalue weighted by molar-refractivity contribution is 7.89. The third kappa shape index (κ3) is 6.44. The van der Waals surface area contributed by atoms with Crippen LogP contribution >= 0.6 is 7.05 Å². The first-order valence-electron chi connectivity index (χ1n) is 20.9. The monoisotopic (exact) mass is 1010 g/mol. The van der Waals surface area contributed by atoms with Crippen LogP contribution in [0.15, 0.2) is 48.5 Å². The van der Waals surface area contributed by atoms with Crippen LogP contribution in [-0.2, 0) is 0 Å². The molecule has 2 atom stereocenters. The largest absolute Gasteiger partial charge is 0.396 e.